The summed E-state index contributed by atoms with van der Waals surface area (Å²) in [5.74, 6) is 0.647. The Hall–Kier alpha value is -2.34. The maximum absolute atomic E-state index is 12.1. The van der Waals surface area contributed by atoms with Gasteiger partial charge in [-0.1, -0.05) is 19.1 Å². The van der Waals surface area contributed by atoms with Crippen LogP contribution in [0.25, 0.3) is 10.9 Å². The van der Waals surface area contributed by atoms with Gasteiger partial charge >= 0.3 is 0 Å². The number of nitrogens with zero attached hydrogens (tertiary/aromatic N) is 2. The van der Waals surface area contributed by atoms with Gasteiger partial charge < -0.3 is 14.6 Å². The highest BCUT2D eigenvalue weighted by Crippen LogP contribution is 2.23. The van der Waals surface area contributed by atoms with E-state index in [2.05, 4.69) is 17.1 Å². The van der Waals surface area contributed by atoms with Crippen LogP contribution in [0.15, 0.2) is 35.1 Å². The number of rotatable bonds is 8. The van der Waals surface area contributed by atoms with Crippen molar-refractivity contribution in [3.63, 3.8) is 0 Å². The summed E-state index contributed by atoms with van der Waals surface area (Å²) in [7, 11) is 1.75. The highest BCUT2D eigenvalue weighted by molar-refractivity contribution is 5.85. The van der Waals surface area contributed by atoms with Crippen molar-refractivity contribution in [2.45, 2.75) is 38.6 Å². The van der Waals surface area contributed by atoms with Crippen molar-refractivity contribution in [3.05, 3.63) is 40.7 Å². The highest BCUT2D eigenvalue weighted by atomic mass is 16.5. The molecule has 1 unspecified atom stereocenters. The van der Waals surface area contributed by atoms with Crippen molar-refractivity contribution >= 4 is 16.8 Å². The molecule has 1 aliphatic heterocycles. The molecule has 1 N–H and O–H groups in total. The molecule has 6 nitrogen and oxygen atoms in total. The van der Waals surface area contributed by atoms with Crippen LogP contribution in [0.1, 0.15) is 32.6 Å². The Morgan fingerprint density at radius 2 is 2.15 bits per heavy atom. The topological polar surface area (TPSA) is 63.6 Å². The van der Waals surface area contributed by atoms with Crippen LogP contribution >= 0.6 is 0 Å². The molecule has 0 radical (unpaired) electrons. The molecule has 3 rings (SSSR count). The number of hydrogen-bond donors (Lipinski definition) is 1. The zero-order chi connectivity index (χ0) is 19.2. The molecular formula is C21H29N3O3. The van der Waals surface area contributed by atoms with Gasteiger partial charge in [0, 0.05) is 37.5 Å². The Bertz CT molecular complexity index is 846. The Morgan fingerprint density at radius 3 is 2.96 bits per heavy atom. The third-order valence-corrected chi connectivity index (χ3v) is 5.36. The van der Waals surface area contributed by atoms with Crippen molar-refractivity contribution in [3.8, 4) is 5.75 Å². The van der Waals surface area contributed by atoms with Gasteiger partial charge in [-0.3, -0.25) is 14.5 Å². The normalized spacial score (nSPS) is 17.3. The van der Waals surface area contributed by atoms with E-state index in [4.69, 9.17) is 4.74 Å². The fourth-order valence-corrected chi connectivity index (χ4v) is 3.78. The molecule has 146 valence electrons. The second-order valence-electron chi connectivity index (χ2n) is 7.10. The van der Waals surface area contributed by atoms with Crippen molar-refractivity contribution in [1.29, 1.82) is 0 Å². The molecule has 6 heteroatoms. The first-order valence-corrected chi connectivity index (χ1v) is 9.82. The van der Waals surface area contributed by atoms with Gasteiger partial charge in [-0.25, -0.2) is 0 Å². The van der Waals surface area contributed by atoms with Gasteiger partial charge in [-0.05, 0) is 44.5 Å². The number of ether oxygens (including phenoxy) is 1. The van der Waals surface area contributed by atoms with E-state index in [1.807, 2.05) is 24.3 Å². The van der Waals surface area contributed by atoms with Gasteiger partial charge in [0.2, 0.25) is 5.91 Å². The fraction of sp³-hybridized carbons (Fsp3) is 0.524. The van der Waals surface area contributed by atoms with Gasteiger partial charge in [-0.2, -0.15) is 0 Å². The summed E-state index contributed by atoms with van der Waals surface area (Å²) in [5, 5.41) is 3.95. The molecule has 1 amide bonds. The summed E-state index contributed by atoms with van der Waals surface area (Å²) >= 11 is 0. The summed E-state index contributed by atoms with van der Waals surface area (Å²) in [6.07, 6.45) is 3.43. The predicted octanol–water partition coefficient (Wildman–Crippen LogP) is 2.30. The first kappa shape index (κ1) is 19.4. The molecule has 0 saturated carbocycles. The lowest BCUT2D eigenvalue weighted by Crippen LogP contribution is -2.40. The maximum Gasteiger partial charge on any atom is 0.254 e. The number of pyridine rings is 1. The Morgan fingerprint density at radius 1 is 1.33 bits per heavy atom. The van der Waals surface area contributed by atoms with Crippen LogP contribution < -0.4 is 15.6 Å². The number of hydrogen-bond acceptors (Lipinski definition) is 4. The van der Waals surface area contributed by atoms with Crippen LogP contribution in [0.4, 0.5) is 0 Å². The van der Waals surface area contributed by atoms with E-state index in [0.717, 1.165) is 37.0 Å². The number of likely N-dealkylation sites (N-methyl/N-ethyl adjacent to an activating group) is 1. The lowest BCUT2D eigenvalue weighted by molar-refractivity contribution is -0.121. The Labute approximate surface area is 160 Å². The predicted molar refractivity (Wildman–Crippen MR) is 107 cm³/mol. The van der Waals surface area contributed by atoms with E-state index in [1.165, 1.54) is 12.5 Å². The summed E-state index contributed by atoms with van der Waals surface area (Å²) < 4.78 is 7.43. The average Bonchev–Trinajstić information content (AvgIpc) is 3.15. The van der Waals surface area contributed by atoms with Gasteiger partial charge in [0.25, 0.3) is 5.56 Å². The monoisotopic (exact) mass is 371 g/mol. The smallest absolute Gasteiger partial charge is 0.254 e. The van der Waals surface area contributed by atoms with Gasteiger partial charge in [0.05, 0.1) is 12.1 Å². The molecular weight excluding hydrogens is 342 g/mol. The number of carbonyl (C=O) groups excluding carboxylic acids is 1. The first-order chi connectivity index (χ1) is 13.1. The lowest BCUT2D eigenvalue weighted by Gasteiger charge is -2.22. The lowest BCUT2D eigenvalue weighted by atomic mass is 10.2. The molecule has 0 spiro atoms. The minimum absolute atomic E-state index is 0.0652. The van der Waals surface area contributed by atoms with Crippen molar-refractivity contribution in [1.82, 2.24) is 14.8 Å². The van der Waals surface area contributed by atoms with Gasteiger partial charge in [0.15, 0.2) is 0 Å². The summed E-state index contributed by atoms with van der Waals surface area (Å²) in [6.45, 7) is 5.48. The van der Waals surface area contributed by atoms with Crippen molar-refractivity contribution in [2.75, 3.05) is 26.2 Å². The molecule has 0 bridgehead atoms. The van der Waals surface area contributed by atoms with Crippen LogP contribution in [-0.2, 0) is 11.8 Å². The molecule has 1 saturated heterocycles. The average molecular weight is 371 g/mol. The number of nitrogens with one attached hydrogen (secondary N) is 1. The van der Waals surface area contributed by atoms with Crippen LogP contribution in [-0.4, -0.2) is 47.7 Å². The molecule has 1 aliphatic rings. The zero-order valence-electron chi connectivity index (χ0n) is 16.2. The molecule has 2 aromatic rings. The SMILES string of the molecule is CCN1CCCC1CNC(=O)CCCOc1cc(=O)n(C)c2ccccc12. The van der Waals surface area contributed by atoms with Crippen molar-refractivity contribution in [2.24, 2.45) is 7.05 Å². The molecule has 2 heterocycles. The number of aromatic nitrogens is 1. The number of para-hydroxylation sites is 1. The minimum atomic E-state index is -0.0986. The van der Waals surface area contributed by atoms with E-state index in [0.29, 0.717) is 31.2 Å². The first-order valence-electron chi connectivity index (χ1n) is 9.82. The second kappa shape index (κ2) is 9.04. The number of amides is 1. The quantitative estimate of drug-likeness (QED) is 0.723. The van der Waals surface area contributed by atoms with E-state index in [1.54, 1.807) is 11.6 Å². The summed E-state index contributed by atoms with van der Waals surface area (Å²) in [6, 6.07) is 9.66. The summed E-state index contributed by atoms with van der Waals surface area (Å²) in [4.78, 5) is 26.6. The molecule has 1 fully saturated rings. The molecule has 1 aromatic carbocycles. The number of carbonyl (C=O) groups is 1. The standard InChI is InChI=1S/C21H29N3O3/c1-3-24-12-6-8-16(24)15-22-20(25)11-7-13-27-19-14-21(26)23(2)18-10-5-4-9-17(18)19/h4-5,9-10,14,16H,3,6-8,11-13,15H2,1-2H3,(H,22,25). The fourth-order valence-electron chi connectivity index (χ4n) is 3.78. The second-order valence-corrected chi connectivity index (χ2v) is 7.10. The third-order valence-electron chi connectivity index (χ3n) is 5.36. The van der Waals surface area contributed by atoms with Gasteiger partial charge in [-0.15, -0.1) is 0 Å². The van der Waals surface area contributed by atoms with E-state index < -0.39 is 0 Å². The molecule has 1 atom stereocenters. The van der Waals surface area contributed by atoms with Crippen LogP contribution in [0, 0.1) is 0 Å². The van der Waals surface area contributed by atoms with Crippen LogP contribution in [0.5, 0.6) is 5.75 Å². The van der Waals surface area contributed by atoms with Crippen molar-refractivity contribution < 1.29 is 9.53 Å². The third kappa shape index (κ3) is 4.69. The largest absolute Gasteiger partial charge is 0.493 e. The van der Waals surface area contributed by atoms with E-state index in [9.17, 15) is 9.59 Å². The number of aryl methyl sites for hydroxylation is 1. The maximum atomic E-state index is 12.1. The van der Waals surface area contributed by atoms with Crippen LogP contribution in [0.2, 0.25) is 0 Å². The number of benzene rings is 1. The Kier molecular flexibility index (Phi) is 6.50. The van der Waals surface area contributed by atoms with E-state index >= 15 is 0 Å². The number of fused-ring (bicyclic) bond motifs is 1. The molecule has 0 aliphatic carbocycles. The van der Waals surface area contributed by atoms with E-state index in [-0.39, 0.29) is 11.5 Å². The minimum Gasteiger partial charge on any atom is -0.493 e. The summed E-state index contributed by atoms with van der Waals surface area (Å²) in [5.41, 5.74) is 0.744. The molecule has 27 heavy (non-hydrogen) atoms. The zero-order valence-corrected chi connectivity index (χ0v) is 16.2. The molecule has 1 aromatic heterocycles. The van der Waals surface area contributed by atoms with Gasteiger partial charge in [0.1, 0.15) is 5.75 Å². The van der Waals surface area contributed by atoms with Crippen LogP contribution in [0.3, 0.4) is 0 Å². The Balaban J connectivity index is 1.46. The number of likely N-dealkylation sites (tertiary alicyclic amines) is 1. The highest BCUT2D eigenvalue weighted by Gasteiger charge is 2.22.